The van der Waals surface area contributed by atoms with Gasteiger partial charge in [0.2, 0.25) is 5.71 Å². The van der Waals surface area contributed by atoms with E-state index in [1.807, 2.05) is 32.9 Å². The molecule has 1 atom stereocenters. The first kappa shape index (κ1) is 31.6. The monoisotopic (exact) mass is 639 g/mol. The molecule has 1 aliphatic carbocycles. The van der Waals surface area contributed by atoms with E-state index in [0.717, 1.165) is 83.0 Å². The van der Waals surface area contributed by atoms with Gasteiger partial charge < -0.3 is 14.5 Å². The minimum absolute atomic E-state index is 0.0521. The first-order valence-electron chi connectivity index (χ1n) is 15.7. The van der Waals surface area contributed by atoms with E-state index in [-0.39, 0.29) is 27.3 Å². The fourth-order valence-electron chi connectivity index (χ4n) is 6.89. The van der Waals surface area contributed by atoms with Gasteiger partial charge in [0.1, 0.15) is 24.5 Å². The van der Waals surface area contributed by atoms with Crippen LogP contribution in [-0.4, -0.2) is 53.1 Å². The third kappa shape index (κ3) is 5.52. The molecule has 0 saturated carbocycles. The molecule has 2 saturated heterocycles. The van der Waals surface area contributed by atoms with Crippen LogP contribution in [0.2, 0.25) is 0 Å². The van der Waals surface area contributed by atoms with Gasteiger partial charge in [-0.15, -0.1) is 0 Å². The van der Waals surface area contributed by atoms with Gasteiger partial charge in [0.05, 0.1) is 16.2 Å². The fourth-order valence-corrected chi connectivity index (χ4v) is 9.73. The van der Waals surface area contributed by atoms with Crippen molar-refractivity contribution in [3.8, 4) is 0 Å². The number of fused-ring (bicyclic) bond motifs is 2. The average Bonchev–Trinajstić information content (AvgIpc) is 3.02. The van der Waals surface area contributed by atoms with Crippen LogP contribution in [0.25, 0.3) is 5.57 Å². The second-order valence-electron chi connectivity index (χ2n) is 13.3. The molecule has 10 heteroatoms. The summed E-state index contributed by atoms with van der Waals surface area (Å²) in [5.41, 5.74) is -0.922. The van der Waals surface area contributed by atoms with Crippen LogP contribution in [-0.2, 0) is 9.09 Å². The Kier molecular flexibility index (Phi) is 8.23. The van der Waals surface area contributed by atoms with Crippen LogP contribution in [0.15, 0.2) is 47.3 Å². The molecule has 3 aliphatic heterocycles. The lowest BCUT2D eigenvalue weighted by atomic mass is 9.85. The van der Waals surface area contributed by atoms with Crippen LogP contribution in [0.1, 0.15) is 86.3 Å². The van der Waals surface area contributed by atoms with E-state index in [0.29, 0.717) is 0 Å². The summed E-state index contributed by atoms with van der Waals surface area (Å²) >= 11 is 0. The maximum atomic E-state index is 16.2. The molecule has 1 N–H and O–H groups in total. The van der Waals surface area contributed by atoms with E-state index in [9.17, 15) is 14.3 Å². The number of nitrogens with zero attached hydrogens (tertiary/aromatic N) is 2. The van der Waals surface area contributed by atoms with Crippen molar-refractivity contribution in [3.05, 3.63) is 87.0 Å². The molecule has 1 unspecified atom stereocenters. The van der Waals surface area contributed by atoms with Gasteiger partial charge in [-0.2, -0.15) is 0 Å². The lowest BCUT2D eigenvalue weighted by Gasteiger charge is -2.38. The fraction of sp³-hybridized carbons (Fsp3) is 0.429. The Morgan fingerprint density at radius 2 is 1.62 bits per heavy atom. The Morgan fingerprint density at radius 1 is 0.956 bits per heavy atom. The van der Waals surface area contributed by atoms with Gasteiger partial charge in [0.15, 0.2) is 11.6 Å². The predicted octanol–water partition coefficient (Wildman–Crippen LogP) is 7.73. The molecule has 2 aromatic rings. The SMILES string of the molecule is Cc1c(F)c(F)c(C(=O)O)c(C2=C3C=CC(=[N+]4CCCCC4)C=C3P(=O)(OC(C)(C)C)c3cc(N4CCCCC4)ccc32)c1F. The quantitative estimate of drug-likeness (QED) is 0.211. The van der Waals surface area contributed by atoms with Gasteiger partial charge in [0, 0.05) is 60.5 Å². The van der Waals surface area contributed by atoms with Crippen LogP contribution in [0.5, 0.6) is 0 Å². The zero-order chi connectivity index (χ0) is 32.3. The number of piperidine rings is 2. The molecule has 0 bridgehead atoms. The van der Waals surface area contributed by atoms with Crippen LogP contribution in [0.3, 0.4) is 0 Å². The molecule has 0 radical (unpaired) electrons. The summed E-state index contributed by atoms with van der Waals surface area (Å²) in [7, 11) is -3.93. The standard InChI is InChI=1S/C35H38F3N2O4P/c1-21-31(36)29(30(34(41)42)33(38)32(21)37)28-24-13-11-22(39-15-7-5-8-16-39)19-26(24)45(43,44-35(2,3)4)27-20-23(12-14-25(27)28)40-17-9-6-10-18-40/h11-14,19-20H,5-10,15-18H2,1-4H3/p+1. The highest BCUT2D eigenvalue weighted by Gasteiger charge is 2.47. The maximum Gasteiger partial charge on any atom is 0.339 e. The molecule has 2 aromatic carbocycles. The second kappa shape index (κ2) is 11.7. The summed E-state index contributed by atoms with van der Waals surface area (Å²) in [5.74, 6) is -6.16. The van der Waals surface area contributed by atoms with Gasteiger partial charge in [-0.3, -0.25) is 4.57 Å². The van der Waals surface area contributed by atoms with Gasteiger partial charge in [-0.1, -0.05) is 6.07 Å². The number of carboxylic acid groups (broad SMARTS) is 1. The summed E-state index contributed by atoms with van der Waals surface area (Å²) in [6, 6.07) is 5.33. The predicted molar refractivity (Wildman–Crippen MR) is 171 cm³/mol. The highest BCUT2D eigenvalue weighted by atomic mass is 31.2. The molecule has 238 valence electrons. The zero-order valence-corrected chi connectivity index (χ0v) is 27.1. The van der Waals surface area contributed by atoms with E-state index >= 15 is 13.3 Å². The number of allylic oxidation sites excluding steroid dienone is 5. The number of anilines is 1. The summed E-state index contributed by atoms with van der Waals surface area (Å²) in [4.78, 5) is 14.7. The lowest BCUT2D eigenvalue weighted by molar-refractivity contribution is -0.535. The maximum absolute atomic E-state index is 16.2. The molecule has 2 fully saturated rings. The van der Waals surface area contributed by atoms with E-state index in [1.165, 1.54) is 0 Å². The van der Waals surface area contributed by atoms with E-state index in [1.54, 1.807) is 24.3 Å². The number of carbonyl (C=O) groups is 1. The summed E-state index contributed by atoms with van der Waals surface area (Å²) in [5, 5.41) is 10.7. The van der Waals surface area contributed by atoms with Crippen LogP contribution < -0.4 is 10.2 Å². The van der Waals surface area contributed by atoms with Crippen molar-refractivity contribution < 1.29 is 36.7 Å². The number of rotatable bonds is 4. The third-order valence-corrected chi connectivity index (χ3v) is 11.8. The minimum atomic E-state index is -3.93. The Balaban J connectivity index is 1.73. The normalized spacial score (nSPS) is 21.9. The van der Waals surface area contributed by atoms with E-state index in [4.69, 9.17) is 4.52 Å². The molecule has 6 rings (SSSR count). The van der Waals surface area contributed by atoms with Crippen LogP contribution in [0.4, 0.5) is 18.9 Å². The Morgan fingerprint density at radius 3 is 2.27 bits per heavy atom. The van der Waals surface area contributed by atoms with Crippen molar-refractivity contribution in [2.45, 2.75) is 71.8 Å². The molecule has 0 spiro atoms. The van der Waals surface area contributed by atoms with Crippen molar-refractivity contribution in [1.29, 1.82) is 0 Å². The Bertz CT molecular complexity index is 1770. The van der Waals surface area contributed by atoms with Crippen LogP contribution >= 0.6 is 7.37 Å². The summed E-state index contributed by atoms with van der Waals surface area (Å²) < 4.78 is 70.8. The van der Waals surface area contributed by atoms with Gasteiger partial charge >= 0.3 is 5.97 Å². The van der Waals surface area contributed by atoms with Crippen molar-refractivity contribution in [1.82, 2.24) is 0 Å². The molecule has 0 amide bonds. The number of carboxylic acids is 1. The molecule has 6 nitrogen and oxygen atoms in total. The molecular formula is C35H39F3N2O4P+. The smallest absolute Gasteiger partial charge is 0.339 e. The third-order valence-electron chi connectivity index (χ3n) is 8.98. The summed E-state index contributed by atoms with van der Waals surface area (Å²) in [6.45, 7) is 9.79. The average molecular weight is 640 g/mol. The van der Waals surface area contributed by atoms with Crippen LogP contribution in [0, 0.1) is 24.4 Å². The van der Waals surface area contributed by atoms with Gasteiger partial charge in [-0.25, -0.2) is 22.5 Å². The zero-order valence-electron chi connectivity index (χ0n) is 26.2. The lowest BCUT2D eigenvalue weighted by Crippen LogP contribution is -2.33. The van der Waals surface area contributed by atoms with Gasteiger partial charge in [0.25, 0.3) is 7.37 Å². The summed E-state index contributed by atoms with van der Waals surface area (Å²) in [6.07, 6.45) is 11.6. The minimum Gasteiger partial charge on any atom is -0.478 e. The first-order chi connectivity index (χ1) is 21.3. The van der Waals surface area contributed by atoms with Crippen molar-refractivity contribution in [2.24, 2.45) is 0 Å². The number of hydrogen-bond donors (Lipinski definition) is 1. The molecule has 0 aromatic heterocycles. The Hall–Kier alpha value is -3.42. The molecule has 3 heterocycles. The highest BCUT2D eigenvalue weighted by Crippen LogP contribution is 2.65. The molecule has 45 heavy (non-hydrogen) atoms. The number of halogens is 3. The van der Waals surface area contributed by atoms with Crippen molar-refractivity contribution >= 4 is 35.6 Å². The number of aromatic carboxylic acids is 1. The van der Waals surface area contributed by atoms with Gasteiger partial charge in [-0.05, 0) is 82.7 Å². The molecular weight excluding hydrogens is 600 g/mol. The topological polar surface area (TPSA) is 69.8 Å². The number of benzene rings is 2. The van der Waals surface area contributed by atoms with Crippen molar-refractivity contribution in [2.75, 3.05) is 31.1 Å². The molecule has 4 aliphatic rings. The number of hydrogen-bond acceptors (Lipinski definition) is 4. The highest BCUT2D eigenvalue weighted by molar-refractivity contribution is 7.71. The first-order valence-corrected chi connectivity index (χ1v) is 17.3. The van der Waals surface area contributed by atoms with E-state index in [2.05, 4.69) is 9.48 Å². The second-order valence-corrected chi connectivity index (χ2v) is 15.5. The van der Waals surface area contributed by atoms with Crippen molar-refractivity contribution in [3.63, 3.8) is 0 Å². The largest absolute Gasteiger partial charge is 0.478 e. The Labute approximate surface area is 262 Å². The van der Waals surface area contributed by atoms with E-state index < -0.39 is 53.1 Å².